The standard InChI is InChI=1S/C11H15NOS/c1-7(14)11-10-3-2-9(13)6-8(10)4-5-12-11/h2-3,6-7,11-14H,4-5H2,1H3. The van der Waals surface area contributed by atoms with E-state index in [4.69, 9.17) is 0 Å². The molecule has 0 saturated heterocycles. The zero-order chi connectivity index (χ0) is 10.1. The normalized spacial score (nSPS) is 22.9. The minimum absolute atomic E-state index is 0.290. The lowest BCUT2D eigenvalue weighted by atomic mass is 9.92. The lowest BCUT2D eigenvalue weighted by molar-refractivity contribution is 0.466. The van der Waals surface area contributed by atoms with Gasteiger partial charge in [-0.15, -0.1) is 0 Å². The van der Waals surface area contributed by atoms with E-state index in [0.717, 1.165) is 13.0 Å². The second kappa shape index (κ2) is 3.83. The van der Waals surface area contributed by atoms with Crippen molar-refractivity contribution in [2.45, 2.75) is 24.6 Å². The molecule has 1 aromatic rings. The Labute approximate surface area is 89.7 Å². The highest BCUT2D eigenvalue weighted by molar-refractivity contribution is 7.81. The van der Waals surface area contributed by atoms with Crippen LogP contribution in [0.25, 0.3) is 0 Å². The fraction of sp³-hybridized carbons (Fsp3) is 0.455. The summed E-state index contributed by atoms with van der Waals surface area (Å²) >= 11 is 4.47. The summed E-state index contributed by atoms with van der Waals surface area (Å²) in [5, 5.41) is 13.1. The maximum Gasteiger partial charge on any atom is 0.115 e. The van der Waals surface area contributed by atoms with E-state index < -0.39 is 0 Å². The number of nitrogens with one attached hydrogen (secondary N) is 1. The van der Waals surface area contributed by atoms with E-state index in [-0.39, 0.29) is 0 Å². The number of hydrogen-bond acceptors (Lipinski definition) is 3. The van der Waals surface area contributed by atoms with Gasteiger partial charge in [-0.3, -0.25) is 0 Å². The van der Waals surface area contributed by atoms with Crippen LogP contribution in [0.5, 0.6) is 5.75 Å². The van der Waals surface area contributed by atoms with E-state index >= 15 is 0 Å². The maximum atomic E-state index is 9.37. The molecule has 1 heterocycles. The van der Waals surface area contributed by atoms with E-state index in [1.165, 1.54) is 11.1 Å². The van der Waals surface area contributed by atoms with Crippen molar-refractivity contribution in [1.29, 1.82) is 0 Å². The van der Waals surface area contributed by atoms with Crippen LogP contribution in [0.2, 0.25) is 0 Å². The highest BCUT2D eigenvalue weighted by atomic mass is 32.1. The number of phenols is 1. The lowest BCUT2D eigenvalue weighted by Gasteiger charge is -2.29. The number of aromatic hydroxyl groups is 1. The Bertz CT molecular complexity index is 338. The molecule has 2 unspecified atom stereocenters. The monoisotopic (exact) mass is 209 g/mol. The highest BCUT2D eigenvalue weighted by Gasteiger charge is 2.22. The minimum Gasteiger partial charge on any atom is -0.508 e. The number of rotatable bonds is 1. The van der Waals surface area contributed by atoms with Crippen LogP contribution >= 0.6 is 12.6 Å². The molecule has 0 amide bonds. The average Bonchev–Trinajstić information content (AvgIpc) is 2.16. The number of hydrogen-bond donors (Lipinski definition) is 3. The summed E-state index contributed by atoms with van der Waals surface area (Å²) in [6, 6.07) is 5.91. The summed E-state index contributed by atoms with van der Waals surface area (Å²) in [6.07, 6.45) is 0.987. The summed E-state index contributed by atoms with van der Waals surface area (Å²) < 4.78 is 0. The van der Waals surface area contributed by atoms with E-state index in [2.05, 4.69) is 24.9 Å². The topological polar surface area (TPSA) is 32.3 Å². The number of thiol groups is 1. The quantitative estimate of drug-likeness (QED) is 0.617. The lowest BCUT2D eigenvalue weighted by Crippen LogP contribution is -2.34. The Morgan fingerprint density at radius 3 is 3.07 bits per heavy atom. The van der Waals surface area contributed by atoms with Gasteiger partial charge >= 0.3 is 0 Å². The molecule has 76 valence electrons. The molecular weight excluding hydrogens is 194 g/mol. The van der Waals surface area contributed by atoms with Crippen molar-refractivity contribution in [3.05, 3.63) is 29.3 Å². The first-order valence-electron chi connectivity index (χ1n) is 4.91. The van der Waals surface area contributed by atoms with Gasteiger partial charge in [-0.05, 0) is 36.2 Å². The third kappa shape index (κ3) is 1.74. The zero-order valence-corrected chi connectivity index (χ0v) is 9.09. The van der Waals surface area contributed by atoms with E-state index in [0.29, 0.717) is 17.0 Å². The molecule has 0 aromatic heterocycles. The molecule has 2 nitrogen and oxygen atoms in total. The van der Waals surface area contributed by atoms with Crippen LogP contribution in [-0.2, 0) is 6.42 Å². The van der Waals surface area contributed by atoms with Crippen LogP contribution in [0.4, 0.5) is 0 Å². The second-order valence-electron chi connectivity index (χ2n) is 3.81. The fourth-order valence-corrected chi connectivity index (χ4v) is 2.28. The highest BCUT2D eigenvalue weighted by Crippen LogP contribution is 2.29. The Hall–Kier alpha value is -0.670. The van der Waals surface area contributed by atoms with E-state index in [9.17, 15) is 5.11 Å². The first-order valence-corrected chi connectivity index (χ1v) is 5.43. The molecule has 0 aliphatic carbocycles. The van der Waals surface area contributed by atoms with Gasteiger partial charge in [-0.2, -0.15) is 12.6 Å². The number of benzene rings is 1. The predicted molar refractivity (Wildman–Crippen MR) is 61.0 cm³/mol. The van der Waals surface area contributed by atoms with Crippen LogP contribution < -0.4 is 5.32 Å². The molecule has 1 aromatic carbocycles. The molecule has 1 aliphatic heterocycles. The number of fused-ring (bicyclic) bond motifs is 1. The molecule has 14 heavy (non-hydrogen) atoms. The molecule has 0 saturated carbocycles. The van der Waals surface area contributed by atoms with Gasteiger partial charge in [0.1, 0.15) is 5.75 Å². The third-order valence-corrected chi connectivity index (χ3v) is 3.00. The van der Waals surface area contributed by atoms with Crippen molar-refractivity contribution in [2.24, 2.45) is 0 Å². The number of phenolic OH excluding ortho intramolecular Hbond substituents is 1. The third-order valence-electron chi connectivity index (χ3n) is 2.70. The molecule has 2 N–H and O–H groups in total. The summed E-state index contributed by atoms with van der Waals surface area (Å²) in [5.74, 6) is 0.358. The smallest absolute Gasteiger partial charge is 0.115 e. The maximum absolute atomic E-state index is 9.37. The Kier molecular flexibility index (Phi) is 2.70. The van der Waals surface area contributed by atoms with Gasteiger partial charge < -0.3 is 10.4 Å². The minimum atomic E-state index is 0.290. The van der Waals surface area contributed by atoms with Crippen LogP contribution in [0.15, 0.2) is 18.2 Å². The van der Waals surface area contributed by atoms with Crippen molar-refractivity contribution in [3.63, 3.8) is 0 Å². The Morgan fingerprint density at radius 1 is 1.57 bits per heavy atom. The predicted octanol–water partition coefficient (Wildman–Crippen LogP) is 1.90. The van der Waals surface area contributed by atoms with Gasteiger partial charge in [-0.25, -0.2) is 0 Å². The van der Waals surface area contributed by atoms with Crippen molar-refractivity contribution in [2.75, 3.05) is 6.54 Å². The van der Waals surface area contributed by atoms with E-state index in [1.54, 1.807) is 6.07 Å². The Morgan fingerprint density at radius 2 is 2.36 bits per heavy atom. The molecule has 2 atom stereocenters. The average molecular weight is 209 g/mol. The molecule has 1 aliphatic rings. The molecule has 0 fully saturated rings. The SMILES string of the molecule is CC(S)C1NCCc2cc(O)ccc21. The molecule has 0 bridgehead atoms. The van der Waals surface area contributed by atoms with Crippen molar-refractivity contribution >= 4 is 12.6 Å². The van der Waals surface area contributed by atoms with Crippen LogP contribution in [0.1, 0.15) is 24.1 Å². The molecule has 0 spiro atoms. The molecule has 0 radical (unpaired) electrons. The summed E-state index contributed by atoms with van der Waals surface area (Å²) in [5.41, 5.74) is 2.52. The summed E-state index contributed by atoms with van der Waals surface area (Å²) in [6.45, 7) is 3.05. The van der Waals surface area contributed by atoms with Gasteiger partial charge in [-0.1, -0.05) is 13.0 Å². The van der Waals surface area contributed by atoms with Gasteiger partial charge in [0, 0.05) is 11.3 Å². The zero-order valence-electron chi connectivity index (χ0n) is 8.20. The molecule has 3 heteroatoms. The van der Waals surface area contributed by atoms with Crippen LogP contribution in [0.3, 0.4) is 0 Å². The van der Waals surface area contributed by atoms with Crippen molar-refractivity contribution in [3.8, 4) is 5.75 Å². The van der Waals surface area contributed by atoms with Gasteiger partial charge in [0.2, 0.25) is 0 Å². The largest absolute Gasteiger partial charge is 0.508 e. The fourth-order valence-electron chi connectivity index (χ4n) is 2.01. The van der Waals surface area contributed by atoms with E-state index in [1.807, 2.05) is 12.1 Å². The van der Waals surface area contributed by atoms with Gasteiger partial charge in [0.25, 0.3) is 0 Å². The summed E-state index contributed by atoms with van der Waals surface area (Å²) in [4.78, 5) is 0. The summed E-state index contributed by atoms with van der Waals surface area (Å²) in [7, 11) is 0. The van der Waals surface area contributed by atoms with Crippen LogP contribution in [-0.4, -0.2) is 16.9 Å². The molecule has 2 rings (SSSR count). The first kappa shape index (κ1) is 9.87. The molecular formula is C11H15NOS. The van der Waals surface area contributed by atoms with Crippen molar-refractivity contribution < 1.29 is 5.11 Å². The van der Waals surface area contributed by atoms with Gasteiger partial charge in [0.15, 0.2) is 0 Å². The van der Waals surface area contributed by atoms with Crippen LogP contribution in [0, 0.1) is 0 Å². The first-order chi connectivity index (χ1) is 6.68. The second-order valence-corrected chi connectivity index (χ2v) is 4.62. The van der Waals surface area contributed by atoms with Gasteiger partial charge in [0.05, 0.1) is 0 Å². The van der Waals surface area contributed by atoms with Crippen molar-refractivity contribution in [1.82, 2.24) is 5.32 Å². The Balaban J connectivity index is 2.40.